The Morgan fingerprint density at radius 3 is 3.00 bits per heavy atom. The van der Waals surface area contributed by atoms with E-state index in [9.17, 15) is 0 Å². The first kappa shape index (κ1) is 11.5. The molecule has 0 saturated carbocycles. The van der Waals surface area contributed by atoms with Crippen LogP contribution in [0.15, 0.2) is 24.3 Å². The molecule has 0 aromatic heterocycles. The van der Waals surface area contributed by atoms with Gasteiger partial charge in [0.1, 0.15) is 5.75 Å². The van der Waals surface area contributed by atoms with Crippen LogP contribution in [0.2, 0.25) is 0 Å². The van der Waals surface area contributed by atoms with Crippen LogP contribution < -0.4 is 10.1 Å². The van der Waals surface area contributed by atoms with Crippen LogP contribution in [0, 0.1) is 5.92 Å². The van der Waals surface area contributed by atoms with Gasteiger partial charge in [-0.05, 0) is 36.6 Å². The van der Waals surface area contributed by atoms with Gasteiger partial charge in [0, 0.05) is 12.5 Å². The third-order valence-electron chi connectivity index (χ3n) is 3.17. The lowest BCUT2D eigenvalue weighted by Crippen LogP contribution is -2.15. The van der Waals surface area contributed by atoms with E-state index in [2.05, 4.69) is 37.4 Å². The van der Waals surface area contributed by atoms with Crippen LogP contribution in [0.25, 0.3) is 0 Å². The van der Waals surface area contributed by atoms with E-state index in [1.54, 1.807) is 0 Å². The van der Waals surface area contributed by atoms with Gasteiger partial charge in [-0.1, -0.05) is 26.0 Å². The maximum atomic E-state index is 5.84. The number of ether oxygens (including phenoxy) is 1. The molecule has 1 aromatic rings. The van der Waals surface area contributed by atoms with Crippen LogP contribution in [0.5, 0.6) is 5.75 Å². The Morgan fingerprint density at radius 1 is 1.44 bits per heavy atom. The van der Waals surface area contributed by atoms with Crippen molar-refractivity contribution in [3.8, 4) is 5.75 Å². The Hall–Kier alpha value is -1.02. The summed E-state index contributed by atoms with van der Waals surface area (Å²) in [5.41, 5.74) is 1.35. The van der Waals surface area contributed by atoms with Crippen molar-refractivity contribution >= 4 is 0 Å². The second-order valence-corrected chi connectivity index (χ2v) is 4.90. The second-order valence-electron chi connectivity index (χ2n) is 4.90. The van der Waals surface area contributed by atoms with E-state index in [0.29, 0.717) is 11.8 Å². The molecule has 1 unspecified atom stereocenters. The molecule has 1 aliphatic heterocycles. The number of benzene rings is 1. The van der Waals surface area contributed by atoms with Gasteiger partial charge in [0.25, 0.3) is 0 Å². The summed E-state index contributed by atoms with van der Waals surface area (Å²) in [5.74, 6) is 2.26. The van der Waals surface area contributed by atoms with E-state index in [0.717, 1.165) is 25.4 Å². The highest BCUT2D eigenvalue weighted by molar-refractivity contribution is 5.30. The van der Waals surface area contributed by atoms with Crippen LogP contribution in [0.4, 0.5) is 0 Å². The number of nitrogens with one attached hydrogen (secondary N) is 1. The van der Waals surface area contributed by atoms with Gasteiger partial charge in [-0.15, -0.1) is 0 Å². The van der Waals surface area contributed by atoms with Crippen molar-refractivity contribution in [2.24, 2.45) is 5.92 Å². The molecule has 88 valence electrons. The van der Waals surface area contributed by atoms with Crippen molar-refractivity contribution in [3.63, 3.8) is 0 Å². The fourth-order valence-electron chi connectivity index (χ4n) is 2.03. The first-order valence-corrected chi connectivity index (χ1v) is 6.19. The highest BCUT2D eigenvalue weighted by atomic mass is 16.5. The third kappa shape index (κ3) is 2.99. The molecule has 1 saturated heterocycles. The molecule has 2 rings (SSSR count). The van der Waals surface area contributed by atoms with Gasteiger partial charge in [-0.3, -0.25) is 0 Å². The molecule has 0 spiro atoms. The van der Waals surface area contributed by atoms with E-state index in [1.807, 2.05) is 6.07 Å². The van der Waals surface area contributed by atoms with Crippen molar-refractivity contribution in [2.45, 2.75) is 26.2 Å². The van der Waals surface area contributed by atoms with Crippen molar-refractivity contribution in [1.82, 2.24) is 5.32 Å². The van der Waals surface area contributed by atoms with Gasteiger partial charge in [-0.2, -0.15) is 0 Å². The molecule has 0 amide bonds. The standard InChI is InChI=1S/C14H21NO/c1-11(2)13-4-3-5-14(8-13)16-10-12-6-7-15-9-12/h3-5,8,11-12,15H,6-7,9-10H2,1-2H3. The summed E-state index contributed by atoms with van der Waals surface area (Å²) in [7, 11) is 0. The van der Waals surface area contributed by atoms with E-state index in [4.69, 9.17) is 4.74 Å². The summed E-state index contributed by atoms with van der Waals surface area (Å²) < 4.78 is 5.84. The maximum Gasteiger partial charge on any atom is 0.119 e. The molecule has 0 aliphatic carbocycles. The van der Waals surface area contributed by atoms with E-state index in [-0.39, 0.29) is 0 Å². The van der Waals surface area contributed by atoms with Gasteiger partial charge < -0.3 is 10.1 Å². The SMILES string of the molecule is CC(C)c1cccc(OCC2CCNC2)c1. The van der Waals surface area contributed by atoms with E-state index < -0.39 is 0 Å². The molecule has 1 aliphatic rings. The van der Waals surface area contributed by atoms with Crippen molar-refractivity contribution < 1.29 is 4.74 Å². The zero-order valence-electron chi connectivity index (χ0n) is 10.2. The minimum atomic E-state index is 0.566. The van der Waals surface area contributed by atoms with Crippen molar-refractivity contribution in [2.75, 3.05) is 19.7 Å². The van der Waals surface area contributed by atoms with Crippen LogP contribution in [-0.4, -0.2) is 19.7 Å². The summed E-state index contributed by atoms with van der Waals surface area (Å²) in [4.78, 5) is 0. The van der Waals surface area contributed by atoms with Gasteiger partial charge in [0.2, 0.25) is 0 Å². The molecule has 1 fully saturated rings. The Balaban J connectivity index is 1.90. The molecule has 1 aromatic carbocycles. The van der Waals surface area contributed by atoms with Crippen molar-refractivity contribution in [1.29, 1.82) is 0 Å². The topological polar surface area (TPSA) is 21.3 Å². The Kier molecular flexibility index (Phi) is 3.83. The quantitative estimate of drug-likeness (QED) is 0.840. The molecular formula is C14H21NO. The van der Waals surface area contributed by atoms with Gasteiger partial charge in [-0.25, -0.2) is 0 Å². The van der Waals surface area contributed by atoms with Crippen LogP contribution in [0.1, 0.15) is 31.7 Å². The van der Waals surface area contributed by atoms with Gasteiger partial charge in [0.15, 0.2) is 0 Å². The lowest BCUT2D eigenvalue weighted by atomic mass is 10.0. The average Bonchev–Trinajstić information content (AvgIpc) is 2.79. The summed E-state index contributed by atoms with van der Waals surface area (Å²) in [6.07, 6.45) is 1.24. The first-order chi connectivity index (χ1) is 7.75. The second kappa shape index (κ2) is 5.35. The molecule has 0 radical (unpaired) electrons. The monoisotopic (exact) mass is 219 g/mol. The lowest BCUT2D eigenvalue weighted by molar-refractivity contribution is 0.260. The Morgan fingerprint density at radius 2 is 2.31 bits per heavy atom. The first-order valence-electron chi connectivity index (χ1n) is 6.19. The van der Waals surface area contributed by atoms with Gasteiger partial charge >= 0.3 is 0 Å². The average molecular weight is 219 g/mol. The maximum absolute atomic E-state index is 5.84. The largest absolute Gasteiger partial charge is 0.493 e. The minimum Gasteiger partial charge on any atom is -0.493 e. The Labute approximate surface area is 98.0 Å². The minimum absolute atomic E-state index is 0.566. The Bertz CT molecular complexity index is 329. The number of hydrogen-bond donors (Lipinski definition) is 1. The smallest absolute Gasteiger partial charge is 0.119 e. The molecular weight excluding hydrogens is 198 g/mol. The normalized spacial score (nSPS) is 20.3. The van der Waals surface area contributed by atoms with Crippen molar-refractivity contribution in [3.05, 3.63) is 29.8 Å². The molecule has 2 nitrogen and oxygen atoms in total. The van der Waals surface area contributed by atoms with Gasteiger partial charge in [0.05, 0.1) is 6.61 Å². The van der Waals surface area contributed by atoms with E-state index in [1.165, 1.54) is 12.0 Å². The molecule has 1 N–H and O–H groups in total. The number of hydrogen-bond acceptors (Lipinski definition) is 2. The van der Waals surface area contributed by atoms with Crippen LogP contribution in [0.3, 0.4) is 0 Å². The molecule has 0 bridgehead atoms. The highest BCUT2D eigenvalue weighted by Gasteiger charge is 2.14. The fourth-order valence-corrected chi connectivity index (χ4v) is 2.03. The molecule has 2 heteroatoms. The predicted molar refractivity (Wildman–Crippen MR) is 67.0 cm³/mol. The zero-order chi connectivity index (χ0) is 11.4. The summed E-state index contributed by atoms with van der Waals surface area (Å²) >= 11 is 0. The summed E-state index contributed by atoms with van der Waals surface area (Å²) in [6, 6.07) is 8.45. The fraction of sp³-hybridized carbons (Fsp3) is 0.571. The summed E-state index contributed by atoms with van der Waals surface area (Å²) in [6.45, 7) is 7.50. The zero-order valence-corrected chi connectivity index (χ0v) is 10.2. The van der Waals surface area contributed by atoms with Crippen LogP contribution >= 0.6 is 0 Å². The molecule has 16 heavy (non-hydrogen) atoms. The molecule has 1 heterocycles. The molecule has 1 atom stereocenters. The highest BCUT2D eigenvalue weighted by Crippen LogP contribution is 2.21. The predicted octanol–water partition coefficient (Wildman–Crippen LogP) is 2.80. The lowest BCUT2D eigenvalue weighted by Gasteiger charge is -2.12. The van der Waals surface area contributed by atoms with E-state index >= 15 is 0 Å². The summed E-state index contributed by atoms with van der Waals surface area (Å²) in [5, 5.41) is 3.36. The number of rotatable bonds is 4. The van der Waals surface area contributed by atoms with Crippen LogP contribution in [-0.2, 0) is 0 Å². The third-order valence-corrected chi connectivity index (χ3v) is 3.17.